The Kier molecular flexibility index (Phi) is 9.53. The first-order valence-corrected chi connectivity index (χ1v) is 10.7. The molecule has 1 radical (unpaired) electrons. The zero-order chi connectivity index (χ0) is 22.2. The molecule has 3 heterocycles. The van der Waals surface area contributed by atoms with E-state index >= 15 is 0 Å². The monoisotopic (exact) mass is 540 g/mol. The molecule has 0 N–H and O–H groups in total. The minimum absolute atomic E-state index is 0. The second-order valence-corrected chi connectivity index (χ2v) is 8.00. The second kappa shape index (κ2) is 11.7. The predicted molar refractivity (Wildman–Crippen MR) is 129 cm³/mol. The fourth-order valence-electron chi connectivity index (χ4n) is 4.04. The van der Waals surface area contributed by atoms with Crippen LogP contribution in [-0.2, 0) is 32.7 Å². The Bertz CT molecular complexity index is 1310. The number of halogens is 2. The Hall–Kier alpha value is -2.83. The summed E-state index contributed by atoms with van der Waals surface area (Å²) < 4.78 is 4.21. The van der Waals surface area contributed by atoms with Crippen LogP contribution in [0.4, 0.5) is 0 Å². The number of rotatable bonds is 4. The van der Waals surface area contributed by atoms with Crippen molar-refractivity contribution < 1.29 is 43.4 Å². The van der Waals surface area contributed by atoms with Gasteiger partial charge in [0.25, 0.3) is 0 Å². The number of hydrogen-bond donors (Lipinski definition) is 0. The van der Waals surface area contributed by atoms with Crippen molar-refractivity contribution in [2.24, 2.45) is 14.1 Å². The Labute approximate surface area is 230 Å². The molecule has 35 heavy (non-hydrogen) atoms. The van der Waals surface area contributed by atoms with E-state index < -0.39 is 0 Å². The second-order valence-electron chi connectivity index (χ2n) is 8.00. The average molecular weight is 541 g/mol. The largest absolute Gasteiger partial charge is 2.00 e. The first kappa shape index (κ1) is 28.4. The topological polar surface area (TPSA) is 48.5 Å². The fourth-order valence-corrected chi connectivity index (χ4v) is 4.04. The maximum absolute atomic E-state index is 4.96. The van der Waals surface area contributed by atoms with E-state index in [0.29, 0.717) is 0 Å². The zero-order valence-corrected chi connectivity index (χ0v) is 22.9. The van der Waals surface area contributed by atoms with Crippen LogP contribution in [0.2, 0.25) is 0 Å². The van der Waals surface area contributed by atoms with Crippen LogP contribution in [0.3, 0.4) is 0 Å². The normalized spacial score (nSPS) is 10.2. The van der Waals surface area contributed by atoms with Gasteiger partial charge in [-0.2, -0.15) is 0 Å². The summed E-state index contributed by atoms with van der Waals surface area (Å²) in [6.45, 7) is 4.19. The Morgan fingerprint density at radius 1 is 0.514 bits per heavy atom. The number of benzene rings is 2. The number of pyridine rings is 1. The fraction of sp³-hybridized carbons (Fsp3) is 0.148. The molecule has 0 atom stereocenters. The van der Waals surface area contributed by atoms with Crippen molar-refractivity contribution >= 4 is 0 Å². The van der Waals surface area contributed by atoms with Crippen molar-refractivity contribution in [3.05, 3.63) is 90.3 Å². The van der Waals surface area contributed by atoms with Gasteiger partial charge in [-0.15, -0.1) is 0 Å². The summed E-state index contributed by atoms with van der Waals surface area (Å²) in [5.74, 6) is 1.69. The smallest absolute Gasteiger partial charge is 1.00 e. The number of imidazole rings is 2. The van der Waals surface area contributed by atoms with Gasteiger partial charge in [0.1, 0.15) is 11.4 Å². The molecule has 0 amide bonds. The number of nitrogens with zero attached hydrogens (tertiary/aromatic N) is 5. The quantitative estimate of drug-likeness (QED) is 0.318. The molecule has 3 aromatic heterocycles. The van der Waals surface area contributed by atoms with Gasteiger partial charge in [0, 0.05) is 36.6 Å². The van der Waals surface area contributed by atoms with Gasteiger partial charge in [-0.05, 0) is 26.0 Å². The maximum atomic E-state index is 4.96. The van der Waals surface area contributed by atoms with Gasteiger partial charge in [-0.3, -0.25) is 0 Å². The van der Waals surface area contributed by atoms with Gasteiger partial charge in [-0.1, -0.05) is 66.7 Å². The summed E-state index contributed by atoms with van der Waals surface area (Å²) in [4.78, 5) is 14.9. The molecule has 0 aliphatic carbocycles. The van der Waals surface area contributed by atoms with Crippen LogP contribution in [0, 0.1) is 13.8 Å². The minimum atomic E-state index is 0. The maximum Gasteiger partial charge on any atom is 2.00 e. The summed E-state index contributed by atoms with van der Waals surface area (Å²) in [6.07, 6.45) is 0. The summed E-state index contributed by atoms with van der Waals surface area (Å²) in [7, 11) is 4.08. The molecule has 0 bridgehead atoms. The summed E-state index contributed by atoms with van der Waals surface area (Å²) in [5, 5.41) is 0. The Morgan fingerprint density at radius 2 is 0.886 bits per heavy atom. The van der Waals surface area contributed by atoms with E-state index in [2.05, 4.69) is 47.2 Å². The third kappa shape index (κ3) is 5.24. The van der Waals surface area contributed by atoms with Crippen molar-refractivity contribution in [3.63, 3.8) is 0 Å². The SMILES string of the molecule is Cc1c(-c2ccccc2)nc(-c2cccc(-c3nc(-c4ccccc4)c(C)n3C)n2)n1C.[Cl-].[Cl-].[V+2]. The third-order valence-corrected chi connectivity index (χ3v) is 6.06. The zero-order valence-electron chi connectivity index (χ0n) is 19.9. The molecule has 0 saturated carbocycles. The van der Waals surface area contributed by atoms with Crippen molar-refractivity contribution in [1.29, 1.82) is 0 Å². The number of aromatic nitrogens is 5. The first-order chi connectivity index (χ1) is 15.5. The molecule has 8 heteroatoms. The molecule has 5 aromatic rings. The molecule has 0 spiro atoms. The molecule has 0 saturated heterocycles. The van der Waals surface area contributed by atoms with Gasteiger partial charge in [0.15, 0.2) is 11.6 Å². The van der Waals surface area contributed by atoms with Gasteiger partial charge < -0.3 is 33.9 Å². The summed E-state index contributed by atoms with van der Waals surface area (Å²) in [6, 6.07) is 26.6. The predicted octanol–water partition coefficient (Wildman–Crippen LogP) is -0.161. The van der Waals surface area contributed by atoms with E-state index in [0.717, 1.165) is 56.9 Å². The minimum Gasteiger partial charge on any atom is -1.00 e. The van der Waals surface area contributed by atoms with Gasteiger partial charge in [-0.25, -0.2) is 15.0 Å². The molecule has 5 nitrogen and oxygen atoms in total. The molecule has 0 aliphatic rings. The number of hydrogen-bond acceptors (Lipinski definition) is 3. The molecule has 177 valence electrons. The van der Waals surface area contributed by atoms with Gasteiger partial charge in [0.05, 0.1) is 11.4 Å². The van der Waals surface area contributed by atoms with E-state index in [9.17, 15) is 0 Å². The Balaban J connectivity index is 0.00000144. The van der Waals surface area contributed by atoms with Crippen LogP contribution >= 0.6 is 0 Å². The van der Waals surface area contributed by atoms with E-state index in [1.807, 2.05) is 68.7 Å². The first-order valence-electron chi connectivity index (χ1n) is 10.7. The van der Waals surface area contributed by atoms with Crippen LogP contribution in [0.15, 0.2) is 78.9 Å². The molecule has 0 unspecified atom stereocenters. The molecular formula is C27H25Cl2N5V. The van der Waals surface area contributed by atoms with Crippen molar-refractivity contribution in [2.45, 2.75) is 13.8 Å². The van der Waals surface area contributed by atoms with Crippen molar-refractivity contribution in [1.82, 2.24) is 24.1 Å². The molecule has 2 aromatic carbocycles. The van der Waals surface area contributed by atoms with E-state index in [-0.39, 0.29) is 43.4 Å². The average Bonchev–Trinajstić information content (AvgIpc) is 3.31. The third-order valence-electron chi connectivity index (χ3n) is 6.06. The molecular weight excluding hydrogens is 516 g/mol. The molecule has 0 aliphatic heterocycles. The molecule has 5 rings (SSSR count). The van der Waals surface area contributed by atoms with E-state index in [1.54, 1.807) is 0 Å². The standard InChI is InChI=1S/C27H25N5.2ClH.V/c1-18-24(20-12-7-5-8-13-20)29-26(31(18)3)22-16-11-17-23(28-22)27-30-25(19(2)32(27)4)21-14-9-6-10-15-21;;;/h5-17H,1-4H3;2*1H;/q;;;+2/p-2. The van der Waals surface area contributed by atoms with Crippen LogP contribution in [0.1, 0.15) is 11.4 Å². The Morgan fingerprint density at radius 3 is 1.26 bits per heavy atom. The molecule has 0 fully saturated rings. The van der Waals surface area contributed by atoms with E-state index in [1.165, 1.54) is 0 Å². The van der Waals surface area contributed by atoms with E-state index in [4.69, 9.17) is 15.0 Å². The van der Waals surface area contributed by atoms with Gasteiger partial charge in [0.2, 0.25) is 0 Å². The summed E-state index contributed by atoms with van der Waals surface area (Å²) >= 11 is 0. The van der Waals surface area contributed by atoms with Crippen LogP contribution in [0.5, 0.6) is 0 Å². The van der Waals surface area contributed by atoms with Crippen molar-refractivity contribution in [2.75, 3.05) is 0 Å². The van der Waals surface area contributed by atoms with Crippen LogP contribution < -0.4 is 24.8 Å². The van der Waals surface area contributed by atoms with Crippen molar-refractivity contribution in [3.8, 4) is 45.6 Å². The van der Waals surface area contributed by atoms with Gasteiger partial charge >= 0.3 is 18.6 Å². The van der Waals surface area contributed by atoms with Crippen LogP contribution in [0.25, 0.3) is 45.6 Å². The summed E-state index contributed by atoms with van der Waals surface area (Å²) in [5.41, 5.74) is 8.05. The van der Waals surface area contributed by atoms with Crippen LogP contribution in [-0.4, -0.2) is 24.1 Å².